The second kappa shape index (κ2) is 5.37. The Bertz CT molecular complexity index is 862. The van der Waals surface area contributed by atoms with Crippen LogP contribution in [0.4, 0.5) is 0 Å². The van der Waals surface area contributed by atoms with Crippen molar-refractivity contribution in [1.82, 2.24) is 0 Å². The van der Waals surface area contributed by atoms with E-state index in [1.807, 2.05) is 6.26 Å². The van der Waals surface area contributed by atoms with E-state index in [9.17, 15) is 0 Å². The third-order valence-electron chi connectivity index (χ3n) is 7.65. The van der Waals surface area contributed by atoms with Crippen LogP contribution in [0.5, 0.6) is 0 Å². The number of furan rings is 1. The highest BCUT2D eigenvalue weighted by Crippen LogP contribution is 2.65. The lowest BCUT2D eigenvalue weighted by molar-refractivity contribution is -0.199. The molecule has 4 fully saturated rings. The molecule has 138 valence electrons. The van der Waals surface area contributed by atoms with Crippen LogP contribution in [-0.2, 0) is 15.7 Å². The van der Waals surface area contributed by atoms with Gasteiger partial charge in [0.2, 0.25) is 0 Å². The summed E-state index contributed by atoms with van der Waals surface area (Å²) in [5.41, 5.74) is 9.93. The fraction of sp³-hybridized carbons (Fsp3) is 0.619. The number of benzene rings is 1. The van der Waals surface area contributed by atoms with Crippen LogP contribution >= 0.6 is 0 Å². The maximum absolute atomic E-state index is 6.55. The molecular formula is C21H28BNO3. The average Bonchev–Trinajstić information content (AvgIpc) is 3.16. The summed E-state index contributed by atoms with van der Waals surface area (Å²) in [6.07, 6.45) is 5.06. The van der Waals surface area contributed by atoms with Gasteiger partial charge in [-0.15, -0.1) is 0 Å². The Kier molecular flexibility index (Phi) is 3.48. The van der Waals surface area contributed by atoms with E-state index in [1.54, 1.807) is 0 Å². The van der Waals surface area contributed by atoms with E-state index in [0.717, 1.165) is 34.4 Å². The molecule has 2 heterocycles. The first kappa shape index (κ1) is 16.8. The lowest BCUT2D eigenvalue weighted by atomic mass is 9.43. The fourth-order valence-corrected chi connectivity index (χ4v) is 5.85. The van der Waals surface area contributed by atoms with Crippen LogP contribution in [0, 0.1) is 24.2 Å². The van der Waals surface area contributed by atoms with Gasteiger partial charge in [-0.05, 0) is 61.5 Å². The van der Waals surface area contributed by atoms with Gasteiger partial charge in [0.05, 0.1) is 18.0 Å². The molecule has 6 rings (SSSR count). The van der Waals surface area contributed by atoms with Gasteiger partial charge >= 0.3 is 7.12 Å². The van der Waals surface area contributed by atoms with Crippen molar-refractivity contribution in [3.8, 4) is 0 Å². The largest absolute Gasteiger partial charge is 0.475 e. The van der Waals surface area contributed by atoms with Crippen LogP contribution in [0.25, 0.3) is 11.0 Å². The zero-order valence-corrected chi connectivity index (χ0v) is 16.1. The molecule has 0 radical (unpaired) electrons. The highest BCUT2D eigenvalue weighted by molar-refractivity contribution is 6.47. The average molecular weight is 353 g/mol. The minimum Gasteiger partial charge on any atom is -0.464 e. The molecule has 3 aliphatic carbocycles. The van der Waals surface area contributed by atoms with E-state index in [-0.39, 0.29) is 24.8 Å². The minimum absolute atomic E-state index is 0.179. The standard InChI is InChI=1S/C21H28BNO3/c1-12-6-5-7-15-13(11-24-19(12)15)8-18(23)22-25-17-10-14-9-16(20(14,2)3)21(17,4)26-22/h5-7,11,14,16-18H,8-10,23H2,1-4H3/t14-,16-,17+,18?,21-/m0/s1. The summed E-state index contributed by atoms with van der Waals surface area (Å²) in [7, 11) is -0.338. The molecule has 26 heavy (non-hydrogen) atoms. The van der Waals surface area contributed by atoms with Gasteiger partial charge < -0.3 is 19.5 Å². The third kappa shape index (κ3) is 2.14. The van der Waals surface area contributed by atoms with Gasteiger partial charge in [-0.25, -0.2) is 0 Å². The van der Waals surface area contributed by atoms with Crippen molar-refractivity contribution in [2.75, 3.05) is 0 Å². The summed E-state index contributed by atoms with van der Waals surface area (Å²) < 4.78 is 18.6. The van der Waals surface area contributed by atoms with E-state index in [0.29, 0.717) is 17.8 Å². The second-order valence-corrected chi connectivity index (χ2v) is 9.42. The topological polar surface area (TPSA) is 57.6 Å². The van der Waals surface area contributed by atoms with E-state index in [2.05, 4.69) is 45.9 Å². The normalized spacial score (nSPS) is 36.0. The molecule has 2 aromatic rings. The van der Waals surface area contributed by atoms with Gasteiger partial charge in [-0.2, -0.15) is 0 Å². The smallest absolute Gasteiger partial charge is 0.464 e. The van der Waals surface area contributed by atoms with Crippen molar-refractivity contribution in [3.05, 3.63) is 35.6 Å². The van der Waals surface area contributed by atoms with Crippen LogP contribution in [0.3, 0.4) is 0 Å². The van der Waals surface area contributed by atoms with Crippen molar-refractivity contribution >= 4 is 18.1 Å². The predicted octanol–water partition coefficient (Wildman–Crippen LogP) is 3.88. The Labute approximate surface area is 155 Å². The summed E-state index contributed by atoms with van der Waals surface area (Å²) in [4.78, 5) is 0. The number of para-hydroxylation sites is 1. The van der Waals surface area contributed by atoms with Crippen LogP contribution in [-0.4, -0.2) is 24.8 Å². The first-order chi connectivity index (χ1) is 12.3. The molecule has 4 aliphatic rings. The maximum atomic E-state index is 6.55. The van der Waals surface area contributed by atoms with Crippen molar-refractivity contribution < 1.29 is 13.7 Å². The molecule has 1 saturated heterocycles. The van der Waals surface area contributed by atoms with Gasteiger partial charge in [-0.1, -0.05) is 32.0 Å². The summed E-state index contributed by atoms with van der Waals surface area (Å²) in [5.74, 6) is 1.12. The molecule has 3 saturated carbocycles. The molecule has 1 aliphatic heterocycles. The molecule has 1 unspecified atom stereocenters. The van der Waals surface area contributed by atoms with Gasteiger partial charge in [0.1, 0.15) is 5.58 Å². The SMILES string of the molecule is Cc1cccc2c(CC(N)B3O[C@@H]4C[C@@H]5C[C@@H](C5(C)C)[C@]4(C)O3)coc12. The Morgan fingerprint density at radius 1 is 1.27 bits per heavy atom. The monoisotopic (exact) mass is 353 g/mol. The molecule has 1 aromatic carbocycles. The lowest BCUT2D eigenvalue weighted by Gasteiger charge is -2.64. The fourth-order valence-electron chi connectivity index (χ4n) is 5.85. The van der Waals surface area contributed by atoms with E-state index in [4.69, 9.17) is 19.5 Å². The van der Waals surface area contributed by atoms with Crippen LogP contribution in [0.1, 0.15) is 44.7 Å². The zero-order valence-electron chi connectivity index (χ0n) is 16.1. The first-order valence-electron chi connectivity index (χ1n) is 9.85. The number of hydrogen-bond donors (Lipinski definition) is 1. The van der Waals surface area contributed by atoms with E-state index < -0.39 is 0 Å². The molecule has 1 aromatic heterocycles. The van der Waals surface area contributed by atoms with Crippen molar-refractivity contribution in [2.45, 2.75) is 64.6 Å². The molecular weight excluding hydrogens is 325 g/mol. The van der Waals surface area contributed by atoms with Crippen LogP contribution in [0.15, 0.2) is 28.9 Å². The minimum atomic E-state index is -0.338. The molecule has 2 N–H and O–H groups in total. The number of hydrogen-bond acceptors (Lipinski definition) is 4. The van der Waals surface area contributed by atoms with Gasteiger partial charge in [0, 0.05) is 11.3 Å². The Morgan fingerprint density at radius 2 is 2.08 bits per heavy atom. The molecule has 5 heteroatoms. The lowest BCUT2D eigenvalue weighted by Crippen LogP contribution is -2.65. The van der Waals surface area contributed by atoms with Crippen molar-refractivity contribution in [2.24, 2.45) is 23.0 Å². The van der Waals surface area contributed by atoms with Crippen molar-refractivity contribution in [1.29, 1.82) is 0 Å². The molecule has 0 amide bonds. The number of nitrogens with two attached hydrogens (primary N) is 1. The second-order valence-electron chi connectivity index (χ2n) is 9.42. The Morgan fingerprint density at radius 3 is 2.85 bits per heavy atom. The highest BCUT2D eigenvalue weighted by atomic mass is 16.7. The van der Waals surface area contributed by atoms with Crippen LogP contribution in [0.2, 0.25) is 0 Å². The van der Waals surface area contributed by atoms with Gasteiger partial charge in [-0.3, -0.25) is 0 Å². The van der Waals surface area contributed by atoms with Gasteiger partial charge in [0.25, 0.3) is 0 Å². The van der Waals surface area contributed by atoms with Crippen LogP contribution < -0.4 is 5.73 Å². The summed E-state index contributed by atoms with van der Waals surface area (Å²) in [6.45, 7) is 9.06. The number of rotatable bonds is 3. The molecule has 5 atom stereocenters. The van der Waals surface area contributed by atoms with E-state index >= 15 is 0 Å². The van der Waals surface area contributed by atoms with Crippen molar-refractivity contribution in [3.63, 3.8) is 0 Å². The van der Waals surface area contributed by atoms with E-state index in [1.165, 1.54) is 6.42 Å². The van der Waals surface area contributed by atoms with Gasteiger partial charge in [0.15, 0.2) is 0 Å². The Balaban J connectivity index is 1.36. The number of fused-ring (bicyclic) bond motifs is 1. The summed E-state index contributed by atoms with van der Waals surface area (Å²) >= 11 is 0. The summed E-state index contributed by atoms with van der Waals surface area (Å²) in [5, 5.41) is 1.14. The first-order valence-corrected chi connectivity index (χ1v) is 9.85. The molecule has 0 spiro atoms. The zero-order chi connectivity index (χ0) is 18.3. The summed E-state index contributed by atoms with van der Waals surface area (Å²) in [6, 6.07) is 6.23. The molecule has 2 bridgehead atoms. The Hall–Kier alpha value is -1.30. The maximum Gasteiger partial charge on any atom is 0.475 e. The molecule has 4 nitrogen and oxygen atoms in total. The highest BCUT2D eigenvalue weighted by Gasteiger charge is 2.68. The predicted molar refractivity (Wildman–Crippen MR) is 103 cm³/mol. The third-order valence-corrected chi connectivity index (χ3v) is 7.65. The quantitative estimate of drug-likeness (QED) is 0.851. The number of aryl methyl sites for hydroxylation is 1.